The summed E-state index contributed by atoms with van der Waals surface area (Å²) in [5.41, 5.74) is 2.19. The number of ketones is 1. The van der Waals surface area contributed by atoms with E-state index < -0.39 is 5.91 Å². The van der Waals surface area contributed by atoms with Crippen LogP contribution in [0.5, 0.6) is 0 Å². The highest BCUT2D eigenvalue weighted by Gasteiger charge is 2.35. The topological polar surface area (TPSA) is 75.3 Å². The molecular formula is C17H10N2O3. The maximum absolute atomic E-state index is 12.7. The number of benzene rings is 2. The van der Waals surface area contributed by atoms with Crippen molar-refractivity contribution >= 4 is 29.0 Å². The lowest BCUT2D eigenvalue weighted by Crippen LogP contribution is -2.30. The minimum atomic E-state index is -0.504. The van der Waals surface area contributed by atoms with Crippen molar-refractivity contribution in [1.82, 2.24) is 5.32 Å². The van der Waals surface area contributed by atoms with Crippen LogP contribution in [0, 0.1) is 0 Å². The van der Waals surface area contributed by atoms with Gasteiger partial charge in [0.1, 0.15) is 5.57 Å². The van der Waals surface area contributed by atoms with Crippen LogP contribution in [0.1, 0.15) is 26.3 Å². The first-order valence-electron chi connectivity index (χ1n) is 6.77. The number of Topliss-reactive ketones (excluding diaryl/α,β-unsaturated/α-hetero) is 1. The molecule has 0 fully saturated rings. The average Bonchev–Trinajstić information content (AvgIpc) is 2.85. The molecular weight excluding hydrogens is 280 g/mol. The van der Waals surface area contributed by atoms with Crippen LogP contribution in [-0.4, -0.2) is 17.6 Å². The van der Waals surface area contributed by atoms with Crippen molar-refractivity contribution < 1.29 is 14.4 Å². The van der Waals surface area contributed by atoms with Gasteiger partial charge < -0.3 is 10.6 Å². The standard InChI is InChI=1S/C17H10N2O3/c20-15-11-7-3-4-8-12(11)18-17(22)13(15)14-9-5-1-2-6-10(9)16(21)19-14/h1-8H,(H,18,22)(H,19,21). The molecule has 5 heteroatoms. The minimum absolute atomic E-state index is 0.0306. The van der Waals surface area contributed by atoms with Crippen molar-refractivity contribution in [3.8, 4) is 0 Å². The van der Waals surface area contributed by atoms with Gasteiger partial charge in [0.15, 0.2) is 0 Å². The Morgan fingerprint density at radius 1 is 0.636 bits per heavy atom. The second kappa shape index (κ2) is 4.39. The van der Waals surface area contributed by atoms with Crippen LogP contribution in [0.15, 0.2) is 54.1 Å². The molecule has 0 unspecified atom stereocenters. The van der Waals surface area contributed by atoms with Gasteiger partial charge in [-0.2, -0.15) is 0 Å². The van der Waals surface area contributed by atoms with Gasteiger partial charge in [0.2, 0.25) is 5.78 Å². The van der Waals surface area contributed by atoms with Gasteiger partial charge in [-0.3, -0.25) is 14.4 Å². The summed E-state index contributed by atoms with van der Waals surface area (Å²) in [6.45, 7) is 0. The maximum atomic E-state index is 12.7. The quantitative estimate of drug-likeness (QED) is 0.575. The number of hydrogen-bond acceptors (Lipinski definition) is 3. The van der Waals surface area contributed by atoms with Crippen LogP contribution < -0.4 is 10.6 Å². The van der Waals surface area contributed by atoms with E-state index in [1.807, 2.05) is 0 Å². The van der Waals surface area contributed by atoms with Gasteiger partial charge in [0, 0.05) is 16.7 Å². The van der Waals surface area contributed by atoms with Gasteiger partial charge in [-0.25, -0.2) is 0 Å². The van der Waals surface area contributed by atoms with Crippen molar-refractivity contribution in [1.29, 1.82) is 0 Å². The van der Waals surface area contributed by atoms with Crippen molar-refractivity contribution in [3.05, 3.63) is 70.8 Å². The lowest BCUT2D eigenvalue weighted by Gasteiger charge is -2.19. The molecule has 5 nitrogen and oxygen atoms in total. The molecule has 2 aromatic rings. The molecule has 2 aliphatic heterocycles. The number of carbonyl (C=O) groups excluding carboxylic acids is 3. The number of carbonyl (C=O) groups is 3. The Labute approximate surface area is 125 Å². The van der Waals surface area contributed by atoms with Gasteiger partial charge in [-0.1, -0.05) is 30.3 Å². The zero-order valence-electron chi connectivity index (χ0n) is 11.3. The lowest BCUT2D eigenvalue weighted by atomic mass is 9.93. The van der Waals surface area contributed by atoms with E-state index in [4.69, 9.17) is 0 Å². The second-order valence-electron chi connectivity index (χ2n) is 5.08. The molecule has 0 radical (unpaired) electrons. The highest BCUT2D eigenvalue weighted by Crippen LogP contribution is 2.32. The van der Waals surface area contributed by atoms with E-state index >= 15 is 0 Å². The van der Waals surface area contributed by atoms with Crippen LogP contribution in [0.4, 0.5) is 5.69 Å². The van der Waals surface area contributed by atoms with Gasteiger partial charge in [-0.15, -0.1) is 0 Å². The van der Waals surface area contributed by atoms with E-state index in [2.05, 4.69) is 10.6 Å². The molecule has 22 heavy (non-hydrogen) atoms. The highest BCUT2D eigenvalue weighted by molar-refractivity contribution is 6.38. The SMILES string of the molecule is O=C1Nc2ccccc2C(=O)C1=C1NC(=O)c2ccccc21. The molecule has 0 saturated heterocycles. The summed E-state index contributed by atoms with van der Waals surface area (Å²) < 4.78 is 0. The maximum Gasteiger partial charge on any atom is 0.261 e. The van der Waals surface area contributed by atoms with Crippen LogP contribution in [-0.2, 0) is 4.79 Å². The summed E-state index contributed by atoms with van der Waals surface area (Å²) in [6, 6.07) is 13.7. The fourth-order valence-corrected chi connectivity index (χ4v) is 2.78. The van der Waals surface area contributed by atoms with Gasteiger partial charge in [0.05, 0.1) is 11.4 Å². The molecule has 0 aliphatic carbocycles. The van der Waals surface area contributed by atoms with Gasteiger partial charge in [-0.05, 0) is 18.2 Å². The molecule has 2 amide bonds. The number of nitrogens with one attached hydrogen (secondary N) is 2. The third-order valence-electron chi connectivity index (χ3n) is 3.80. The first-order valence-corrected chi connectivity index (χ1v) is 6.77. The van der Waals surface area contributed by atoms with E-state index in [0.29, 0.717) is 22.4 Å². The van der Waals surface area contributed by atoms with Gasteiger partial charge in [0.25, 0.3) is 11.8 Å². The molecule has 0 spiro atoms. The van der Waals surface area contributed by atoms with Crippen molar-refractivity contribution in [3.63, 3.8) is 0 Å². The van der Waals surface area contributed by atoms with E-state index in [9.17, 15) is 14.4 Å². The predicted molar refractivity (Wildman–Crippen MR) is 80.2 cm³/mol. The predicted octanol–water partition coefficient (Wildman–Crippen LogP) is 1.98. The Morgan fingerprint density at radius 2 is 1.27 bits per heavy atom. The Morgan fingerprint density at radius 3 is 2.05 bits per heavy atom. The summed E-state index contributed by atoms with van der Waals surface area (Å²) in [6.07, 6.45) is 0. The van der Waals surface area contributed by atoms with Crippen LogP contribution >= 0.6 is 0 Å². The van der Waals surface area contributed by atoms with Crippen molar-refractivity contribution in [2.24, 2.45) is 0 Å². The lowest BCUT2D eigenvalue weighted by molar-refractivity contribution is -0.112. The largest absolute Gasteiger partial charge is 0.321 e. The number of hydrogen-bond donors (Lipinski definition) is 2. The molecule has 4 rings (SSSR count). The Bertz CT molecular complexity index is 896. The van der Waals surface area contributed by atoms with E-state index in [-0.39, 0.29) is 23.0 Å². The highest BCUT2D eigenvalue weighted by atomic mass is 16.2. The smallest absolute Gasteiger partial charge is 0.261 e. The molecule has 2 heterocycles. The normalized spacial score (nSPS) is 19.4. The third-order valence-corrected chi connectivity index (χ3v) is 3.80. The molecule has 2 N–H and O–H groups in total. The first kappa shape index (κ1) is 12.5. The zero-order valence-corrected chi connectivity index (χ0v) is 11.3. The summed E-state index contributed by atoms with van der Waals surface area (Å²) in [5, 5.41) is 5.33. The van der Waals surface area contributed by atoms with Crippen molar-refractivity contribution in [2.75, 3.05) is 5.32 Å². The van der Waals surface area contributed by atoms with E-state index in [1.54, 1.807) is 48.5 Å². The van der Waals surface area contributed by atoms with E-state index in [0.717, 1.165) is 0 Å². The monoisotopic (exact) mass is 290 g/mol. The Balaban J connectivity index is 1.96. The average molecular weight is 290 g/mol. The molecule has 106 valence electrons. The zero-order chi connectivity index (χ0) is 15.3. The fraction of sp³-hybridized carbons (Fsp3) is 0. The first-order chi connectivity index (χ1) is 10.7. The minimum Gasteiger partial charge on any atom is -0.321 e. The summed E-state index contributed by atoms with van der Waals surface area (Å²) in [7, 11) is 0. The number of anilines is 1. The number of amides is 2. The number of rotatable bonds is 0. The van der Waals surface area contributed by atoms with Gasteiger partial charge >= 0.3 is 0 Å². The second-order valence-corrected chi connectivity index (χ2v) is 5.08. The molecule has 2 aromatic carbocycles. The van der Waals surface area contributed by atoms with Crippen LogP contribution in [0.25, 0.3) is 5.70 Å². The number of para-hydroxylation sites is 1. The Kier molecular flexibility index (Phi) is 2.50. The molecule has 0 bridgehead atoms. The molecule has 0 aromatic heterocycles. The molecule has 0 atom stereocenters. The summed E-state index contributed by atoms with van der Waals surface area (Å²) in [4.78, 5) is 37.0. The van der Waals surface area contributed by atoms with Crippen LogP contribution in [0.2, 0.25) is 0 Å². The number of fused-ring (bicyclic) bond motifs is 2. The van der Waals surface area contributed by atoms with Crippen LogP contribution in [0.3, 0.4) is 0 Å². The summed E-state index contributed by atoms with van der Waals surface area (Å²) >= 11 is 0. The summed E-state index contributed by atoms with van der Waals surface area (Å²) in [5.74, 6) is -1.19. The Hall–Kier alpha value is -3.21. The molecule has 0 saturated carbocycles. The third kappa shape index (κ3) is 1.62. The van der Waals surface area contributed by atoms with E-state index in [1.165, 1.54) is 0 Å². The fourth-order valence-electron chi connectivity index (χ4n) is 2.78. The van der Waals surface area contributed by atoms with Crippen molar-refractivity contribution in [2.45, 2.75) is 0 Å². The molecule has 2 aliphatic rings.